The fourth-order valence-electron chi connectivity index (χ4n) is 1.92. The molecular weight excluding hydrogens is 230 g/mol. The van der Waals surface area contributed by atoms with Crippen molar-refractivity contribution in [3.8, 4) is 0 Å². The second-order valence-electron chi connectivity index (χ2n) is 5.82. The lowest BCUT2D eigenvalue weighted by Crippen LogP contribution is -2.48. The Morgan fingerprint density at radius 1 is 1.28 bits per heavy atom. The molecule has 0 bridgehead atoms. The van der Waals surface area contributed by atoms with Crippen molar-refractivity contribution in [1.29, 1.82) is 0 Å². The molecule has 1 saturated carbocycles. The van der Waals surface area contributed by atoms with Crippen molar-refractivity contribution in [2.75, 3.05) is 7.05 Å². The van der Waals surface area contributed by atoms with E-state index in [4.69, 9.17) is 4.74 Å². The number of hydrogen-bond acceptors (Lipinski definition) is 3. The van der Waals surface area contributed by atoms with Crippen LogP contribution in [0.25, 0.3) is 0 Å². The van der Waals surface area contributed by atoms with Crippen molar-refractivity contribution < 1.29 is 14.3 Å². The third-order valence-electron chi connectivity index (χ3n) is 3.08. The average Bonchev–Trinajstić information content (AvgIpc) is 2.12. The molecule has 1 amide bonds. The van der Waals surface area contributed by atoms with E-state index in [2.05, 4.69) is 0 Å². The van der Waals surface area contributed by atoms with Crippen molar-refractivity contribution in [2.45, 2.75) is 52.2 Å². The van der Waals surface area contributed by atoms with Gasteiger partial charge < -0.3 is 9.64 Å². The fraction of sp³-hybridized carbons (Fsp3) is 0.714. The molecule has 1 fully saturated rings. The first-order valence-corrected chi connectivity index (χ1v) is 6.37. The Bertz CT molecular complexity index is 349. The minimum absolute atomic E-state index is 0.0658. The Labute approximate surface area is 109 Å². The van der Waals surface area contributed by atoms with Crippen molar-refractivity contribution in [3.63, 3.8) is 0 Å². The first-order valence-electron chi connectivity index (χ1n) is 6.37. The number of hydrogen-bond donors (Lipinski definition) is 0. The van der Waals surface area contributed by atoms with Gasteiger partial charge in [-0.25, -0.2) is 4.79 Å². The molecule has 0 atom stereocenters. The summed E-state index contributed by atoms with van der Waals surface area (Å²) in [5.74, 6) is 0.224. The van der Waals surface area contributed by atoms with Crippen molar-refractivity contribution in [1.82, 2.24) is 4.90 Å². The van der Waals surface area contributed by atoms with Crippen LogP contribution in [0.15, 0.2) is 12.2 Å². The highest BCUT2D eigenvalue weighted by atomic mass is 16.6. The van der Waals surface area contributed by atoms with Crippen LogP contribution in [0, 0.1) is 5.92 Å². The standard InChI is InChI=1S/C14H23NO3/c1-6-7-12(16)10-8-11(9-10)15(5)13(17)18-14(2,3)4/h6-7,10-11H,8-9H2,1-5H3/b7-6+. The van der Waals surface area contributed by atoms with Gasteiger partial charge in [-0.15, -0.1) is 0 Å². The zero-order valence-corrected chi connectivity index (χ0v) is 11.9. The van der Waals surface area contributed by atoms with Crippen molar-refractivity contribution in [2.24, 2.45) is 5.92 Å². The van der Waals surface area contributed by atoms with Crippen molar-refractivity contribution >= 4 is 11.9 Å². The third kappa shape index (κ3) is 3.86. The van der Waals surface area contributed by atoms with Gasteiger partial charge in [-0.1, -0.05) is 6.08 Å². The number of nitrogens with zero attached hydrogens (tertiary/aromatic N) is 1. The summed E-state index contributed by atoms with van der Waals surface area (Å²) < 4.78 is 5.29. The molecule has 1 rings (SSSR count). The summed E-state index contributed by atoms with van der Waals surface area (Å²) in [5, 5.41) is 0. The van der Waals surface area contributed by atoms with Crippen LogP contribution in [0.2, 0.25) is 0 Å². The lowest BCUT2D eigenvalue weighted by Gasteiger charge is -2.40. The summed E-state index contributed by atoms with van der Waals surface area (Å²) in [6.07, 6.45) is 4.52. The molecule has 0 radical (unpaired) electrons. The molecule has 1 aliphatic rings. The molecule has 18 heavy (non-hydrogen) atoms. The van der Waals surface area contributed by atoms with E-state index in [9.17, 15) is 9.59 Å². The Morgan fingerprint density at radius 2 is 1.83 bits per heavy atom. The molecule has 1 aliphatic carbocycles. The van der Waals surface area contributed by atoms with E-state index in [0.29, 0.717) is 0 Å². The maximum atomic E-state index is 11.8. The first kappa shape index (κ1) is 14.7. The summed E-state index contributed by atoms with van der Waals surface area (Å²) >= 11 is 0. The highest BCUT2D eigenvalue weighted by Gasteiger charge is 2.38. The lowest BCUT2D eigenvalue weighted by molar-refractivity contribution is -0.122. The van der Waals surface area contributed by atoms with Crippen LogP contribution >= 0.6 is 0 Å². The maximum Gasteiger partial charge on any atom is 0.410 e. The number of allylic oxidation sites excluding steroid dienone is 2. The highest BCUT2D eigenvalue weighted by molar-refractivity contribution is 5.92. The molecule has 0 N–H and O–H groups in total. The Balaban J connectivity index is 2.41. The topological polar surface area (TPSA) is 46.6 Å². The van der Waals surface area contributed by atoms with E-state index in [1.165, 1.54) is 0 Å². The normalized spacial score (nSPS) is 23.6. The summed E-state index contributed by atoms with van der Waals surface area (Å²) in [6, 6.07) is 0.124. The second kappa shape index (κ2) is 5.55. The van der Waals surface area contributed by atoms with Crippen LogP contribution < -0.4 is 0 Å². The largest absolute Gasteiger partial charge is 0.444 e. The molecule has 0 spiro atoms. The van der Waals surface area contributed by atoms with Gasteiger partial charge in [0.2, 0.25) is 0 Å². The monoisotopic (exact) mass is 253 g/mol. The quantitative estimate of drug-likeness (QED) is 0.727. The molecule has 0 aliphatic heterocycles. The fourth-order valence-corrected chi connectivity index (χ4v) is 1.92. The minimum atomic E-state index is -0.477. The van der Waals surface area contributed by atoms with Gasteiger partial charge in [-0.2, -0.15) is 0 Å². The van der Waals surface area contributed by atoms with Gasteiger partial charge >= 0.3 is 6.09 Å². The van der Waals surface area contributed by atoms with E-state index >= 15 is 0 Å². The van der Waals surface area contributed by atoms with Crippen LogP contribution in [0.4, 0.5) is 4.79 Å². The van der Waals surface area contributed by atoms with Gasteiger partial charge in [-0.05, 0) is 46.6 Å². The summed E-state index contributed by atoms with van der Waals surface area (Å²) in [5.41, 5.74) is -0.477. The van der Waals surface area contributed by atoms with Crippen LogP contribution in [-0.2, 0) is 9.53 Å². The second-order valence-corrected chi connectivity index (χ2v) is 5.82. The number of carbonyl (C=O) groups excluding carboxylic acids is 2. The number of amides is 1. The lowest BCUT2D eigenvalue weighted by atomic mass is 9.77. The number of rotatable bonds is 3. The first-order chi connectivity index (χ1) is 8.24. The number of ether oxygens (including phenoxy) is 1. The molecule has 0 aromatic rings. The highest BCUT2D eigenvalue weighted by Crippen LogP contribution is 2.32. The molecule has 0 aromatic heterocycles. The van der Waals surface area contributed by atoms with Crippen LogP contribution in [-0.4, -0.2) is 35.5 Å². The SMILES string of the molecule is C/C=C/C(=O)C1CC(N(C)C(=O)OC(C)(C)C)C1. The Kier molecular flexibility index (Phi) is 4.54. The van der Waals surface area contributed by atoms with Crippen LogP contribution in [0.5, 0.6) is 0 Å². The summed E-state index contributed by atoms with van der Waals surface area (Å²) in [6.45, 7) is 7.37. The summed E-state index contributed by atoms with van der Waals surface area (Å²) in [7, 11) is 1.73. The van der Waals surface area contributed by atoms with E-state index in [1.54, 1.807) is 24.1 Å². The van der Waals surface area contributed by atoms with Gasteiger partial charge in [0.15, 0.2) is 5.78 Å². The van der Waals surface area contributed by atoms with Gasteiger partial charge in [0, 0.05) is 19.0 Å². The van der Waals surface area contributed by atoms with Crippen molar-refractivity contribution in [3.05, 3.63) is 12.2 Å². The van der Waals surface area contributed by atoms with E-state index in [1.807, 2.05) is 27.7 Å². The molecule has 4 heteroatoms. The zero-order valence-electron chi connectivity index (χ0n) is 11.9. The predicted octanol–water partition coefficient (Wildman–Crippen LogP) is 2.78. The third-order valence-corrected chi connectivity index (χ3v) is 3.08. The molecule has 102 valence electrons. The maximum absolute atomic E-state index is 11.8. The van der Waals surface area contributed by atoms with E-state index in [0.717, 1.165) is 12.8 Å². The van der Waals surface area contributed by atoms with E-state index < -0.39 is 5.60 Å². The molecule has 0 heterocycles. The van der Waals surface area contributed by atoms with Gasteiger partial charge in [0.1, 0.15) is 5.60 Å². The molecule has 0 unspecified atom stereocenters. The van der Waals surface area contributed by atoms with E-state index in [-0.39, 0.29) is 23.8 Å². The smallest absolute Gasteiger partial charge is 0.410 e. The zero-order chi connectivity index (χ0) is 13.9. The summed E-state index contributed by atoms with van der Waals surface area (Å²) in [4.78, 5) is 25.0. The van der Waals surface area contributed by atoms with Gasteiger partial charge in [-0.3, -0.25) is 4.79 Å². The van der Waals surface area contributed by atoms with Crippen LogP contribution in [0.3, 0.4) is 0 Å². The molecule has 4 nitrogen and oxygen atoms in total. The van der Waals surface area contributed by atoms with Gasteiger partial charge in [0.05, 0.1) is 0 Å². The predicted molar refractivity (Wildman–Crippen MR) is 70.3 cm³/mol. The Morgan fingerprint density at radius 3 is 2.28 bits per heavy atom. The molecule has 0 saturated heterocycles. The van der Waals surface area contributed by atoms with Gasteiger partial charge in [0.25, 0.3) is 0 Å². The average molecular weight is 253 g/mol. The molecule has 0 aromatic carbocycles. The molecular formula is C14H23NO3. The minimum Gasteiger partial charge on any atom is -0.444 e. The number of ketones is 1. The Hall–Kier alpha value is -1.32. The number of carbonyl (C=O) groups is 2. The van der Waals surface area contributed by atoms with Crippen LogP contribution in [0.1, 0.15) is 40.5 Å².